The Morgan fingerprint density at radius 3 is 2.94 bits per heavy atom. The van der Waals surface area contributed by atoms with Crippen molar-refractivity contribution < 1.29 is 4.79 Å². The number of nitrogen functional groups attached to an aromatic ring is 1. The Labute approximate surface area is 101 Å². The van der Waals surface area contributed by atoms with Crippen LogP contribution in [0.2, 0.25) is 0 Å². The van der Waals surface area contributed by atoms with E-state index in [0.717, 1.165) is 5.56 Å². The molecule has 2 N–H and O–H groups in total. The van der Waals surface area contributed by atoms with Crippen LogP contribution in [0.4, 0.5) is 5.13 Å². The van der Waals surface area contributed by atoms with Crippen LogP contribution in [0.5, 0.6) is 0 Å². The van der Waals surface area contributed by atoms with Crippen molar-refractivity contribution in [3.05, 3.63) is 33.5 Å². The molecule has 0 fully saturated rings. The van der Waals surface area contributed by atoms with E-state index in [-0.39, 0.29) is 5.91 Å². The Morgan fingerprint density at radius 2 is 2.38 bits per heavy atom. The molecular formula is C10H11N3OS2. The lowest BCUT2D eigenvalue weighted by Crippen LogP contribution is -2.26. The first-order chi connectivity index (χ1) is 7.66. The number of carbonyl (C=O) groups is 1. The predicted octanol–water partition coefficient (Wildman–Crippen LogP) is 2.06. The van der Waals surface area contributed by atoms with Crippen LogP contribution in [0.15, 0.2) is 22.2 Å². The van der Waals surface area contributed by atoms with Crippen LogP contribution in [0, 0.1) is 0 Å². The molecular weight excluding hydrogens is 242 g/mol. The Hall–Kier alpha value is -1.40. The van der Waals surface area contributed by atoms with Crippen molar-refractivity contribution in [2.45, 2.75) is 6.54 Å². The second-order valence-corrected chi connectivity index (χ2v) is 5.03. The zero-order valence-corrected chi connectivity index (χ0v) is 10.3. The van der Waals surface area contributed by atoms with E-state index < -0.39 is 0 Å². The van der Waals surface area contributed by atoms with Gasteiger partial charge in [0.05, 0.1) is 0 Å². The molecule has 0 aliphatic rings. The number of hydrogen-bond acceptors (Lipinski definition) is 5. The summed E-state index contributed by atoms with van der Waals surface area (Å²) in [4.78, 5) is 17.5. The normalized spacial score (nSPS) is 10.3. The van der Waals surface area contributed by atoms with E-state index in [1.165, 1.54) is 11.3 Å². The van der Waals surface area contributed by atoms with Gasteiger partial charge in [0.2, 0.25) is 0 Å². The highest BCUT2D eigenvalue weighted by molar-refractivity contribution is 7.13. The molecule has 6 heteroatoms. The number of thiophene rings is 1. The van der Waals surface area contributed by atoms with Crippen molar-refractivity contribution >= 4 is 33.7 Å². The molecule has 2 aromatic heterocycles. The summed E-state index contributed by atoms with van der Waals surface area (Å²) in [6, 6.07) is 2.00. The molecule has 0 radical (unpaired) electrons. The van der Waals surface area contributed by atoms with E-state index in [0.29, 0.717) is 17.4 Å². The second kappa shape index (κ2) is 4.63. The van der Waals surface area contributed by atoms with Gasteiger partial charge in [0.25, 0.3) is 5.91 Å². The summed E-state index contributed by atoms with van der Waals surface area (Å²) in [6.45, 7) is 0.597. The fourth-order valence-electron chi connectivity index (χ4n) is 1.31. The van der Waals surface area contributed by atoms with E-state index >= 15 is 0 Å². The number of rotatable bonds is 3. The van der Waals surface area contributed by atoms with Crippen LogP contribution < -0.4 is 5.73 Å². The first-order valence-corrected chi connectivity index (χ1v) is 6.46. The minimum Gasteiger partial charge on any atom is -0.375 e. The highest BCUT2D eigenvalue weighted by Crippen LogP contribution is 2.14. The molecule has 0 saturated heterocycles. The average Bonchev–Trinajstić information content (AvgIpc) is 2.88. The van der Waals surface area contributed by atoms with Crippen LogP contribution in [-0.2, 0) is 6.54 Å². The van der Waals surface area contributed by atoms with Gasteiger partial charge in [-0.1, -0.05) is 0 Å². The number of aromatic nitrogens is 1. The first kappa shape index (κ1) is 11.1. The summed E-state index contributed by atoms with van der Waals surface area (Å²) in [5, 5.41) is 6.13. The van der Waals surface area contributed by atoms with E-state index in [2.05, 4.69) is 4.98 Å². The molecule has 4 nitrogen and oxygen atoms in total. The quantitative estimate of drug-likeness (QED) is 0.910. The lowest BCUT2D eigenvalue weighted by Gasteiger charge is -2.14. The summed E-state index contributed by atoms with van der Waals surface area (Å²) in [7, 11) is 1.76. The number of amides is 1. The maximum atomic E-state index is 11.9. The zero-order chi connectivity index (χ0) is 11.5. The van der Waals surface area contributed by atoms with Gasteiger partial charge in [0, 0.05) is 19.0 Å². The molecule has 0 bridgehead atoms. The Kier molecular flexibility index (Phi) is 3.21. The minimum absolute atomic E-state index is 0.0980. The second-order valence-electron chi connectivity index (χ2n) is 3.36. The maximum absolute atomic E-state index is 11.9. The largest absolute Gasteiger partial charge is 0.375 e. The third-order valence-corrected chi connectivity index (χ3v) is 3.49. The van der Waals surface area contributed by atoms with Crippen molar-refractivity contribution in [3.8, 4) is 0 Å². The first-order valence-electron chi connectivity index (χ1n) is 4.64. The van der Waals surface area contributed by atoms with Gasteiger partial charge in [-0.05, 0) is 22.4 Å². The van der Waals surface area contributed by atoms with Crippen LogP contribution in [0.1, 0.15) is 16.1 Å². The molecule has 0 aliphatic heterocycles. The van der Waals surface area contributed by atoms with E-state index in [1.807, 2.05) is 16.8 Å². The Balaban J connectivity index is 2.05. The van der Waals surface area contributed by atoms with Gasteiger partial charge >= 0.3 is 0 Å². The number of carbonyl (C=O) groups excluding carboxylic acids is 1. The van der Waals surface area contributed by atoms with Gasteiger partial charge < -0.3 is 10.6 Å². The number of anilines is 1. The smallest absolute Gasteiger partial charge is 0.273 e. The van der Waals surface area contributed by atoms with E-state index in [4.69, 9.17) is 5.73 Å². The summed E-state index contributed by atoms with van der Waals surface area (Å²) >= 11 is 2.90. The summed E-state index contributed by atoms with van der Waals surface area (Å²) in [5.74, 6) is -0.0980. The summed E-state index contributed by atoms with van der Waals surface area (Å²) < 4.78 is 0. The molecule has 84 valence electrons. The molecule has 0 unspecified atom stereocenters. The summed E-state index contributed by atoms with van der Waals surface area (Å²) in [6.07, 6.45) is 0. The highest BCUT2D eigenvalue weighted by Gasteiger charge is 2.14. The lowest BCUT2D eigenvalue weighted by atomic mass is 10.3. The molecule has 2 aromatic rings. The molecule has 0 saturated carbocycles. The number of hydrogen-bond donors (Lipinski definition) is 1. The fourth-order valence-corrected chi connectivity index (χ4v) is 2.51. The van der Waals surface area contributed by atoms with E-state index in [1.54, 1.807) is 28.7 Å². The molecule has 0 aliphatic carbocycles. The lowest BCUT2D eigenvalue weighted by molar-refractivity contribution is 0.0780. The van der Waals surface area contributed by atoms with Gasteiger partial charge in [0.1, 0.15) is 5.69 Å². The van der Waals surface area contributed by atoms with Crippen molar-refractivity contribution in [1.82, 2.24) is 9.88 Å². The SMILES string of the molecule is CN(Cc1ccsc1)C(=O)c1csc(N)n1. The van der Waals surface area contributed by atoms with Gasteiger partial charge in [0.15, 0.2) is 5.13 Å². The molecule has 2 rings (SSSR count). The van der Waals surface area contributed by atoms with Crippen molar-refractivity contribution in [3.63, 3.8) is 0 Å². The number of nitrogens with zero attached hydrogens (tertiary/aromatic N) is 2. The molecule has 2 heterocycles. The molecule has 0 aromatic carbocycles. The van der Waals surface area contributed by atoms with Gasteiger partial charge in [-0.25, -0.2) is 4.98 Å². The van der Waals surface area contributed by atoms with Crippen LogP contribution in [0.3, 0.4) is 0 Å². The Bertz CT molecular complexity index is 478. The minimum atomic E-state index is -0.0980. The Morgan fingerprint density at radius 1 is 1.56 bits per heavy atom. The van der Waals surface area contributed by atoms with E-state index in [9.17, 15) is 4.79 Å². The third-order valence-electron chi connectivity index (χ3n) is 2.09. The van der Waals surface area contributed by atoms with Gasteiger partial charge in [-0.15, -0.1) is 11.3 Å². The molecule has 0 spiro atoms. The van der Waals surface area contributed by atoms with Gasteiger partial charge in [-0.3, -0.25) is 4.79 Å². The monoisotopic (exact) mass is 253 g/mol. The number of thiazole rings is 1. The summed E-state index contributed by atoms with van der Waals surface area (Å²) in [5.41, 5.74) is 7.04. The van der Waals surface area contributed by atoms with Crippen molar-refractivity contribution in [1.29, 1.82) is 0 Å². The van der Waals surface area contributed by atoms with Crippen LogP contribution >= 0.6 is 22.7 Å². The average molecular weight is 253 g/mol. The van der Waals surface area contributed by atoms with Crippen LogP contribution in [0.25, 0.3) is 0 Å². The molecule has 16 heavy (non-hydrogen) atoms. The maximum Gasteiger partial charge on any atom is 0.273 e. The number of nitrogens with two attached hydrogens (primary N) is 1. The fraction of sp³-hybridized carbons (Fsp3) is 0.200. The van der Waals surface area contributed by atoms with Crippen LogP contribution in [-0.4, -0.2) is 22.8 Å². The predicted molar refractivity (Wildman–Crippen MR) is 66.6 cm³/mol. The zero-order valence-electron chi connectivity index (χ0n) is 8.71. The highest BCUT2D eigenvalue weighted by atomic mass is 32.1. The topological polar surface area (TPSA) is 59.2 Å². The van der Waals surface area contributed by atoms with Crippen molar-refractivity contribution in [2.75, 3.05) is 12.8 Å². The molecule has 1 amide bonds. The standard InChI is InChI=1S/C10H11N3OS2/c1-13(4-7-2-3-15-5-7)9(14)8-6-16-10(11)12-8/h2-3,5-6H,4H2,1H3,(H2,11,12). The third kappa shape index (κ3) is 2.40. The van der Waals surface area contributed by atoms with Crippen molar-refractivity contribution in [2.24, 2.45) is 0 Å². The molecule has 0 atom stereocenters. The van der Waals surface area contributed by atoms with Gasteiger partial charge in [-0.2, -0.15) is 11.3 Å².